The van der Waals surface area contributed by atoms with E-state index in [1.54, 1.807) is 6.20 Å². The molecule has 0 aliphatic carbocycles. The Morgan fingerprint density at radius 1 is 1.43 bits per heavy atom. The van der Waals surface area contributed by atoms with Gasteiger partial charge < -0.3 is 10.2 Å². The second kappa shape index (κ2) is 6.49. The van der Waals surface area contributed by atoms with Gasteiger partial charge in [0, 0.05) is 48.5 Å². The highest BCUT2D eigenvalue weighted by atomic mass is 35.5. The first-order valence-corrected chi connectivity index (χ1v) is 8.44. The van der Waals surface area contributed by atoms with Gasteiger partial charge in [0.15, 0.2) is 0 Å². The molecular weight excluding hydrogens is 310 g/mol. The third-order valence-corrected chi connectivity index (χ3v) is 4.57. The summed E-state index contributed by atoms with van der Waals surface area (Å²) in [6.45, 7) is 9.34. The third kappa shape index (κ3) is 3.67. The largest absolute Gasteiger partial charge is 0.354 e. The van der Waals surface area contributed by atoms with Gasteiger partial charge in [-0.1, -0.05) is 32.4 Å². The highest BCUT2D eigenvalue weighted by molar-refractivity contribution is 6.32. The first kappa shape index (κ1) is 16.3. The fourth-order valence-corrected chi connectivity index (χ4v) is 3.32. The SMILES string of the molecule is CC(C)(C)c1[nH]ncc1CN[C@H]1CCN(c2ncccc2Cl)C1. The van der Waals surface area contributed by atoms with Crippen LogP contribution < -0.4 is 10.2 Å². The minimum absolute atomic E-state index is 0.0801. The molecule has 0 amide bonds. The summed E-state index contributed by atoms with van der Waals surface area (Å²) in [6, 6.07) is 4.20. The normalized spacial score (nSPS) is 18.6. The van der Waals surface area contributed by atoms with Crippen LogP contribution in [0, 0.1) is 0 Å². The molecule has 6 heteroatoms. The molecule has 2 aromatic heterocycles. The Labute approximate surface area is 142 Å². The lowest BCUT2D eigenvalue weighted by molar-refractivity contribution is 0.526. The van der Waals surface area contributed by atoms with Gasteiger partial charge in [0.05, 0.1) is 11.2 Å². The van der Waals surface area contributed by atoms with Gasteiger partial charge in [-0.3, -0.25) is 5.10 Å². The molecule has 1 aliphatic heterocycles. The smallest absolute Gasteiger partial charge is 0.147 e. The molecule has 3 heterocycles. The van der Waals surface area contributed by atoms with Crippen LogP contribution in [0.3, 0.4) is 0 Å². The topological polar surface area (TPSA) is 56.8 Å². The van der Waals surface area contributed by atoms with Crippen molar-refractivity contribution >= 4 is 17.4 Å². The van der Waals surface area contributed by atoms with E-state index in [0.717, 1.165) is 36.9 Å². The minimum atomic E-state index is 0.0801. The molecule has 2 N–H and O–H groups in total. The molecule has 1 fully saturated rings. The minimum Gasteiger partial charge on any atom is -0.354 e. The first-order chi connectivity index (χ1) is 10.9. The maximum Gasteiger partial charge on any atom is 0.147 e. The van der Waals surface area contributed by atoms with Crippen molar-refractivity contribution in [1.29, 1.82) is 0 Å². The van der Waals surface area contributed by atoms with Crippen LogP contribution in [-0.2, 0) is 12.0 Å². The summed E-state index contributed by atoms with van der Waals surface area (Å²) >= 11 is 6.24. The van der Waals surface area contributed by atoms with Crippen LogP contribution >= 0.6 is 11.6 Å². The maximum absolute atomic E-state index is 6.24. The molecule has 0 spiro atoms. The second-order valence-electron chi connectivity index (χ2n) is 7.14. The zero-order valence-electron chi connectivity index (χ0n) is 13.9. The first-order valence-electron chi connectivity index (χ1n) is 8.06. The highest BCUT2D eigenvalue weighted by Crippen LogP contribution is 2.26. The maximum atomic E-state index is 6.24. The van der Waals surface area contributed by atoms with Gasteiger partial charge >= 0.3 is 0 Å². The Balaban J connectivity index is 1.59. The van der Waals surface area contributed by atoms with Crippen molar-refractivity contribution in [3.63, 3.8) is 0 Å². The van der Waals surface area contributed by atoms with Crippen molar-refractivity contribution in [2.24, 2.45) is 0 Å². The summed E-state index contributed by atoms with van der Waals surface area (Å²) in [6.07, 6.45) is 4.81. The highest BCUT2D eigenvalue weighted by Gasteiger charge is 2.25. The van der Waals surface area contributed by atoms with E-state index in [0.29, 0.717) is 6.04 Å². The van der Waals surface area contributed by atoms with E-state index in [1.807, 2.05) is 18.3 Å². The van der Waals surface area contributed by atoms with Crippen LogP contribution in [0.5, 0.6) is 0 Å². The van der Waals surface area contributed by atoms with Gasteiger partial charge in [-0.05, 0) is 18.6 Å². The Bertz CT molecular complexity index is 661. The molecule has 1 atom stereocenters. The molecule has 1 aliphatic rings. The summed E-state index contributed by atoms with van der Waals surface area (Å²) < 4.78 is 0. The number of hydrogen-bond donors (Lipinski definition) is 2. The Hall–Kier alpha value is -1.59. The number of H-pyrrole nitrogens is 1. The van der Waals surface area contributed by atoms with Gasteiger partial charge in [0.25, 0.3) is 0 Å². The van der Waals surface area contributed by atoms with Crippen LogP contribution in [0.15, 0.2) is 24.5 Å². The lowest BCUT2D eigenvalue weighted by Gasteiger charge is -2.20. The zero-order valence-corrected chi connectivity index (χ0v) is 14.7. The monoisotopic (exact) mass is 333 g/mol. The van der Waals surface area contributed by atoms with Crippen molar-refractivity contribution in [3.8, 4) is 0 Å². The molecule has 0 aromatic carbocycles. The zero-order chi connectivity index (χ0) is 16.4. The predicted molar refractivity (Wildman–Crippen MR) is 94.0 cm³/mol. The van der Waals surface area contributed by atoms with E-state index in [4.69, 9.17) is 11.6 Å². The number of nitrogens with one attached hydrogen (secondary N) is 2. The molecule has 0 bridgehead atoms. The van der Waals surface area contributed by atoms with Crippen molar-refractivity contribution < 1.29 is 0 Å². The predicted octanol–water partition coefficient (Wildman–Crippen LogP) is 3.12. The molecule has 0 saturated carbocycles. The van der Waals surface area contributed by atoms with Gasteiger partial charge in [-0.25, -0.2) is 4.98 Å². The van der Waals surface area contributed by atoms with Gasteiger partial charge in [0.1, 0.15) is 5.82 Å². The second-order valence-corrected chi connectivity index (χ2v) is 7.55. The van der Waals surface area contributed by atoms with E-state index in [-0.39, 0.29) is 5.41 Å². The quantitative estimate of drug-likeness (QED) is 0.902. The van der Waals surface area contributed by atoms with Crippen LogP contribution in [0.2, 0.25) is 5.02 Å². The van der Waals surface area contributed by atoms with Crippen molar-refractivity contribution in [2.45, 2.75) is 45.2 Å². The summed E-state index contributed by atoms with van der Waals surface area (Å²) in [5.41, 5.74) is 2.52. The molecule has 124 valence electrons. The summed E-state index contributed by atoms with van der Waals surface area (Å²) in [7, 11) is 0. The standard InChI is InChI=1S/C17H24ClN5/c1-17(2,3)15-12(10-21-22-15)9-20-13-6-8-23(11-13)16-14(18)5-4-7-19-16/h4-5,7,10,13,20H,6,8-9,11H2,1-3H3,(H,21,22)/t13-/m0/s1. The summed E-state index contributed by atoms with van der Waals surface area (Å²) in [5.74, 6) is 0.886. The average Bonchev–Trinajstić information content (AvgIpc) is 3.14. The number of anilines is 1. The number of halogens is 1. The number of aromatic amines is 1. The lowest BCUT2D eigenvalue weighted by Crippen LogP contribution is -2.33. The third-order valence-electron chi connectivity index (χ3n) is 4.28. The van der Waals surface area contributed by atoms with E-state index in [1.165, 1.54) is 11.3 Å². The van der Waals surface area contributed by atoms with E-state index < -0.39 is 0 Å². The lowest BCUT2D eigenvalue weighted by atomic mass is 9.89. The molecule has 1 saturated heterocycles. The number of pyridine rings is 1. The number of rotatable bonds is 4. The molecule has 3 rings (SSSR count). The Morgan fingerprint density at radius 3 is 3.00 bits per heavy atom. The molecule has 2 aromatic rings. The number of aromatic nitrogens is 3. The Morgan fingerprint density at radius 2 is 2.26 bits per heavy atom. The molecule has 23 heavy (non-hydrogen) atoms. The Kier molecular flexibility index (Phi) is 4.60. The van der Waals surface area contributed by atoms with Crippen molar-refractivity contribution in [3.05, 3.63) is 40.8 Å². The molecular formula is C17H24ClN5. The van der Waals surface area contributed by atoms with E-state index in [2.05, 4.69) is 46.2 Å². The van der Waals surface area contributed by atoms with Crippen LogP contribution in [0.25, 0.3) is 0 Å². The van der Waals surface area contributed by atoms with Gasteiger partial charge in [0.2, 0.25) is 0 Å². The van der Waals surface area contributed by atoms with E-state index in [9.17, 15) is 0 Å². The summed E-state index contributed by atoms with van der Waals surface area (Å²) in [4.78, 5) is 6.65. The number of hydrogen-bond acceptors (Lipinski definition) is 4. The van der Waals surface area contributed by atoms with Gasteiger partial charge in [-0.15, -0.1) is 0 Å². The van der Waals surface area contributed by atoms with Crippen molar-refractivity contribution in [1.82, 2.24) is 20.5 Å². The van der Waals surface area contributed by atoms with Crippen LogP contribution in [0.4, 0.5) is 5.82 Å². The van der Waals surface area contributed by atoms with Crippen molar-refractivity contribution in [2.75, 3.05) is 18.0 Å². The molecule has 0 unspecified atom stereocenters. The molecule has 5 nitrogen and oxygen atoms in total. The fourth-order valence-electron chi connectivity index (χ4n) is 3.08. The van der Waals surface area contributed by atoms with Gasteiger partial charge in [-0.2, -0.15) is 5.10 Å². The fraction of sp³-hybridized carbons (Fsp3) is 0.529. The van der Waals surface area contributed by atoms with Crippen LogP contribution in [0.1, 0.15) is 38.4 Å². The number of nitrogens with zero attached hydrogens (tertiary/aromatic N) is 3. The average molecular weight is 334 g/mol. The summed E-state index contributed by atoms with van der Waals surface area (Å²) in [5, 5.41) is 11.7. The molecule has 0 radical (unpaired) electrons. The van der Waals surface area contributed by atoms with E-state index >= 15 is 0 Å². The van der Waals surface area contributed by atoms with Crippen LogP contribution in [-0.4, -0.2) is 34.3 Å².